The first-order valence-electron chi connectivity index (χ1n) is 8.80. The molecule has 0 heterocycles. The van der Waals surface area contributed by atoms with Crippen LogP contribution in [0.5, 0.6) is 0 Å². The third-order valence-corrected chi connectivity index (χ3v) is 4.25. The van der Waals surface area contributed by atoms with Gasteiger partial charge < -0.3 is 20.3 Å². The fourth-order valence-corrected chi connectivity index (χ4v) is 2.72. The van der Waals surface area contributed by atoms with Crippen molar-refractivity contribution in [1.29, 1.82) is 0 Å². The van der Waals surface area contributed by atoms with Crippen molar-refractivity contribution in [3.8, 4) is 0 Å². The molecule has 0 saturated heterocycles. The first kappa shape index (κ1) is 24.6. The van der Waals surface area contributed by atoms with Gasteiger partial charge in [-0.05, 0) is 58.5 Å². The number of hydrogen-bond donors (Lipinski definition) is 2. The number of unbranched alkanes of at least 4 members (excludes halogenated alkanes) is 1. The van der Waals surface area contributed by atoms with Crippen molar-refractivity contribution in [2.75, 3.05) is 38.7 Å². The van der Waals surface area contributed by atoms with Crippen LogP contribution >= 0.6 is 35.7 Å². The number of amides is 1. The van der Waals surface area contributed by atoms with E-state index < -0.39 is 5.60 Å². The van der Waals surface area contributed by atoms with Crippen LogP contribution in [0.2, 0.25) is 0 Å². The SMILES string of the molecule is CN=C(NCCCCSC)NCCN(C(=O)OC(C)(C)C)C1CC1.I. The highest BCUT2D eigenvalue weighted by atomic mass is 127. The second kappa shape index (κ2) is 12.9. The smallest absolute Gasteiger partial charge is 0.410 e. The molecular formula is C17H35IN4O2S. The van der Waals surface area contributed by atoms with Crippen LogP contribution in [0.3, 0.4) is 0 Å². The Hall–Kier alpha value is -0.380. The predicted octanol–water partition coefficient (Wildman–Crippen LogP) is 3.31. The monoisotopic (exact) mass is 486 g/mol. The minimum atomic E-state index is -0.452. The molecule has 1 fully saturated rings. The maximum Gasteiger partial charge on any atom is 0.410 e. The van der Waals surface area contributed by atoms with Crippen molar-refractivity contribution in [3.63, 3.8) is 0 Å². The molecule has 0 radical (unpaired) electrons. The average molecular weight is 486 g/mol. The van der Waals surface area contributed by atoms with Gasteiger partial charge in [0, 0.05) is 32.7 Å². The van der Waals surface area contributed by atoms with E-state index in [1.807, 2.05) is 37.4 Å². The van der Waals surface area contributed by atoms with Crippen LogP contribution in [0.4, 0.5) is 4.79 Å². The summed E-state index contributed by atoms with van der Waals surface area (Å²) in [5.74, 6) is 1.99. The van der Waals surface area contributed by atoms with Gasteiger partial charge in [-0.15, -0.1) is 24.0 Å². The molecule has 1 saturated carbocycles. The minimum absolute atomic E-state index is 0. The lowest BCUT2D eigenvalue weighted by atomic mass is 10.2. The fourth-order valence-electron chi connectivity index (χ4n) is 2.22. The maximum absolute atomic E-state index is 12.3. The van der Waals surface area contributed by atoms with Crippen molar-refractivity contribution in [2.45, 2.75) is 58.1 Å². The number of aliphatic imine (C=N–C) groups is 1. The van der Waals surface area contributed by atoms with Gasteiger partial charge in [0.25, 0.3) is 0 Å². The zero-order valence-electron chi connectivity index (χ0n) is 16.3. The quantitative estimate of drug-likeness (QED) is 0.227. The van der Waals surface area contributed by atoms with Crippen molar-refractivity contribution >= 4 is 47.8 Å². The number of carbonyl (C=O) groups excluding carboxylic acids is 1. The summed E-state index contributed by atoms with van der Waals surface area (Å²) in [5.41, 5.74) is -0.452. The molecule has 1 rings (SSSR count). The van der Waals surface area contributed by atoms with E-state index in [1.54, 1.807) is 7.05 Å². The molecule has 1 aliphatic rings. The Labute approximate surface area is 174 Å². The van der Waals surface area contributed by atoms with Gasteiger partial charge >= 0.3 is 6.09 Å². The van der Waals surface area contributed by atoms with E-state index in [0.29, 0.717) is 19.1 Å². The largest absolute Gasteiger partial charge is 0.444 e. The summed E-state index contributed by atoms with van der Waals surface area (Å²) in [6.45, 7) is 7.91. The summed E-state index contributed by atoms with van der Waals surface area (Å²) in [6.07, 6.45) is 6.40. The highest BCUT2D eigenvalue weighted by molar-refractivity contribution is 14.0. The zero-order valence-corrected chi connectivity index (χ0v) is 19.4. The third-order valence-electron chi connectivity index (χ3n) is 3.55. The molecule has 2 N–H and O–H groups in total. The molecular weight excluding hydrogens is 451 g/mol. The van der Waals surface area contributed by atoms with E-state index in [9.17, 15) is 4.79 Å². The highest BCUT2D eigenvalue weighted by Crippen LogP contribution is 2.27. The normalized spacial score (nSPS) is 14.5. The fraction of sp³-hybridized carbons (Fsp3) is 0.882. The molecule has 0 aromatic rings. The van der Waals surface area contributed by atoms with Crippen molar-refractivity contribution in [2.24, 2.45) is 4.99 Å². The Bertz CT molecular complexity index is 412. The summed E-state index contributed by atoms with van der Waals surface area (Å²) in [5, 5.41) is 6.58. The Morgan fingerprint density at radius 3 is 2.40 bits per heavy atom. The molecule has 1 amide bonds. The standard InChI is InChI=1S/C17H34N4O2S.HI/c1-17(2,3)23-16(22)21(14-8-9-14)12-11-20-15(18-4)19-10-6-7-13-24-5;/h14H,6-13H2,1-5H3,(H2,18,19,20);1H. The molecule has 8 heteroatoms. The first-order valence-corrected chi connectivity index (χ1v) is 10.2. The second-order valence-corrected chi connectivity index (χ2v) is 8.02. The molecule has 0 aliphatic heterocycles. The van der Waals surface area contributed by atoms with Gasteiger partial charge in [-0.25, -0.2) is 4.79 Å². The van der Waals surface area contributed by atoms with Crippen LogP contribution in [0, 0.1) is 0 Å². The van der Waals surface area contributed by atoms with Gasteiger partial charge in [-0.3, -0.25) is 4.99 Å². The molecule has 25 heavy (non-hydrogen) atoms. The summed E-state index contributed by atoms with van der Waals surface area (Å²) in [7, 11) is 1.77. The molecule has 0 bridgehead atoms. The van der Waals surface area contributed by atoms with E-state index in [1.165, 1.54) is 12.2 Å². The van der Waals surface area contributed by atoms with Crippen LogP contribution in [-0.4, -0.2) is 67.3 Å². The number of nitrogens with zero attached hydrogens (tertiary/aromatic N) is 2. The predicted molar refractivity (Wildman–Crippen MR) is 118 cm³/mol. The lowest BCUT2D eigenvalue weighted by molar-refractivity contribution is 0.0238. The summed E-state index contributed by atoms with van der Waals surface area (Å²) >= 11 is 1.88. The number of guanidine groups is 1. The van der Waals surface area contributed by atoms with E-state index >= 15 is 0 Å². The number of ether oxygens (including phenoxy) is 1. The summed E-state index contributed by atoms with van der Waals surface area (Å²) in [4.78, 5) is 18.3. The van der Waals surface area contributed by atoms with Crippen LogP contribution in [0.1, 0.15) is 46.5 Å². The van der Waals surface area contributed by atoms with Gasteiger partial charge in [-0.2, -0.15) is 11.8 Å². The van der Waals surface area contributed by atoms with Crippen LogP contribution in [0.25, 0.3) is 0 Å². The van der Waals surface area contributed by atoms with E-state index in [4.69, 9.17) is 4.74 Å². The Kier molecular flexibility index (Phi) is 12.7. The molecule has 0 atom stereocenters. The van der Waals surface area contributed by atoms with Gasteiger partial charge in [0.05, 0.1) is 0 Å². The molecule has 148 valence electrons. The summed E-state index contributed by atoms with van der Waals surface area (Å²) in [6, 6.07) is 0.336. The van der Waals surface area contributed by atoms with Crippen molar-refractivity contribution in [1.82, 2.24) is 15.5 Å². The zero-order chi connectivity index (χ0) is 18.0. The lowest BCUT2D eigenvalue weighted by Crippen LogP contribution is -2.45. The first-order chi connectivity index (χ1) is 11.4. The number of nitrogens with one attached hydrogen (secondary N) is 2. The van der Waals surface area contributed by atoms with Gasteiger partial charge in [-0.1, -0.05) is 0 Å². The topological polar surface area (TPSA) is 66.0 Å². The number of hydrogen-bond acceptors (Lipinski definition) is 4. The highest BCUT2D eigenvalue weighted by Gasteiger charge is 2.34. The number of thioether (sulfide) groups is 1. The van der Waals surface area contributed by atoms with Gasteiger partial charge in [0.2, 0.25) is 0 Å². The van der Waals surface area contributed by atoms with Gasteiger partial charge in [0.15, 0.2) is 5.96 Å². The van der Waals surface area contributed by atoms with Crippen LogP contribution < -0.4 is 10.6 Å². The van der Waals surface area contributed by atoms with Crippen molar-refractivity contribution in [3.05, 3.63) is 0 Å². The maximum atomic E-state index is 12.3. The minimum Gasteiger partial charge on any atom is -0.444 e. The number of rotatable bonds is 9. The second-order valence-electron chi connectivity index (χ2n) is 7.03. The molecule has 0 unspecified atom stereocenters. The average Bonchev–Trinajstić information content (AvgIpc) is 3.32. The molecule has 0 spiro atoms. The number of halogens is 1. The van der Waals surface area contributed by atoms with Crippen LogP contribution in [0.15, 0.2) is 4.99 Å². The van der Waals surface area contributed by atoms with E-state index in [-0.39, 0.29) is 30.1 Å². The van der Waals surface area contributed by atoms with Gasteiger partial charge in [0.1, 0.15) is 5.60 Å². The molecule has 1 aliphatic carbocycles. The molecule has 0 aromatic carbocycles. The van der Waals surface area contributed by atoms with E-state index in [2.05, 4.69) is 21.9 Å². The van der Waals surface area contributed by atoms with E-state index in [0.717, 1.165) is 31.8 Å². The lowest BCUT2D eigenvalue weighted by Gasteiger charge is -2.27. The summed E-state index contributed by atoms with van der Waals surface area (Å²) < 4.78 is 5.50. The Balaban J connectivity index is 0.00000576. The molecule has 6 nitrogen and oxygen atoms in total. The molecule has 0 aromatic heterocycles. The van der Waals surface area contributed by atoms with Crippen molar-refractivity contribution < 1.29 is 9.53 Å². The van der Waals surface area contributed by atoms with Crippen LogP contribution in [-0.2, 0) is 4.74 Å². The Morgan fingerprint density at radius 2 is 1.88 bits per heavy atom. The third kappa shape index (κ3) is 11.8. The number of carbonyl (C=O) groups is 1. The Morgan fingerprint density at radius 1 is 1.24 bits per heavy atom.